The summed E-state index contributed by atoms with van der Waals surface area (Å²) in [5.74, 6) is 0.563. The van der Waals surface area contributed by atoms with Gasteiger partial charge in [-0.3, -0.25) is 4.79 Å². The van der Waals surface area contributed by atoms with Gasteiger partial charge < -0.3 is 4.90 Å². The van der Waals surface area contributed by atoms with Gasteiger partial charge in [-0.15, -0.1) is 11.3 Å². The molecule has 2 aliphatic rings. The summed E-state index contributed by atoms with van der Waals surface area (Å²) in [4.78, 5) is 14.9. The summed E-state index contributed by atoms with van der Waals surface area (Å²) < 4.78 is 28.6. The van der Waals surface area contributed by atoms with Crippen LogP contribution < -0.4 is 9.62 Å². The molecule has 1 aliphatic carbocycles. The summed E-state index contributed by atoms with van der Waals surface area (Å²) in [5, 5.41) is 0. The fourth-order valence-corrected chi connectivity index (χ4v) is 7.31. The second-order valence-electron chi connectivity index (χ2n) is 7.50. The van der Waals surface area contributed by atoms with Gasteiger partial charge >= 0.3 is 0 Å². The van der Waals surface area contributed by atoms with Crippen molar-refractivity contribution in [1.29, 1.82) is 0 Å². The highest BCUT2D eigenvalue weighted by molar-refractivity contribution is 9.11. The SMILES string of the molecule is O=C(C1CCC(CNS(=O)(=O)c2ccc(Br)s2)CC1)N1CCc2ccccc21. The molecule has 0 unspecified atom stereocenters. The Morgan fingerprint density at radius 2 is 1.89 bits per heavy atom. The quantitative estimate of drug-likeness (QED) is 0.694. The fraction of sp³-hybridized carbons (Fsp3) is 0.450. The van der Waals surface area contributed by atoms with E-state index in [1.54, 1.807) is 12.1 Å². The lowest BCUT2D eigenvalue weighted by atomic mass is 9.81. The smallest absolute Gasteiger partial charge is 0.250 e. The first-order chi connectivity index (χ1) is 13.4. The van der Waals surface area contributed by atoms with Crippen molar-refractivity contribution >= 4 is 48.9 Å². The predicted molar refractivity (Wildman–Crippen MR) is 115 cm³/mol. The number of carbonyl (C=O) groups excluding carboxylic acids is 1. The van der Waals surface area contributed by atoms with Gasteiger partial charge in [-0.25, -0.2) is 13.1 Å². The van der Waals surface area contributed by atoms with Crippen molar-refractivity contribution in [2.24, 2.45) is 11.8 Å². The van der Waals surface area contributed by atoms with Gasteiger partial charge in [-0.2, -0.15) is 0 Å². The van der Waals surface area contributed by atoms with E-state index in [-0.39, 0.29) is 17.7 Å². The number of thiophene rings is 1. The third kappa shape index (κ3) is 4.20. The van der Waals surface area contributed by atoms with Crippen LogP contribution in [0.2, 0.25) is 0 Å². The van der Waals surface area contributed by atoms with Gasteiger partial charge in [0.25, 0.3) is 0 Å². The number of amides is 1. The van der Waals surface area contributed by atoms with Crippen LogP contribution in [-0.4, -0.2) is 27.4 Å². The monoisotopic (exact) mass is 482 g/mol. The van der Waals surface area contributed by atoms with E-state index in [0.717, 1.165) is 48.1 Å². The lowest BCUT2D eigenvalue weighted by molar-refractivity contribution is -0.123. The van der Waals surface area contributed by atoms with Gasteiger partial charge in [0.15, 0.2) is 0 Å². The van der Waals surface area contributed by atoms with E-state index in [0.29, 0.717) is 10.8 Å². The van der Waals surface area contributed by atoms with Gasteiger partial charge in [-0.05, 0) is 77.7 Å². The fourth-order valence-electron chi connectivity index (χ4n) is 4.14. The van der Waals surface area contributed by atoms with Gasteiger partial charge in [0.2, 0.25) is 15.9 Å². The molecule has 0 bridgehead atoms. The number of fused-ring (bicyclic) bond motifs is 1. The zero-order chi connectivity index (χ0) is 19.7. The number of para-hydroxylation sites is 1. The lowest BCUT2D eigenvalue weighted by Gasteiger charge is -2.30. The van der Waals surface area contributed by atoms with Crippen molar-refractivity contribution < 1.29 is 13.2 Å². The molecule has 8 heteroatoms. The molecule has 4 rings (SSSR count). The molecule has 28 heavy (non-hydrogen) atoms. The van der Waals surface area contributed by atoms with Gasteiger partial charge in [-0.1, -0.05) is 18.2 Å². The van der Waals surface area contributed by atoms with Crippen molar-refractivity contribution in [3.05, 3.63) is 45.7 Å². The minimum Gasteiger partial charge on any atom is -0.312 e. The molecule has 0 spiro atoms. The number of rotatable bonds is 5. The Labute approximate surface area is 178 Å². The van der Waals surface area contributed by atoms with Crippen LogP contribution in [0.1, 0.15) is 31.2 Å². The average molecular weight is 483 g/mol. The number of benzene rings is 1. The molecule has 1 aliphatic heterocycles. The zero-order valence-corrected chi connectivity index (χ0v) is 18.7. The molecule has 1 aromatic heterocycles. The van der Waals surface area contributed by atoms with Crippen molar-refractivity contribution in [3.8, 4) is 0 Å². The number of nitrogens with one attached hydrogen (secondary N) is 1. The first-order valence-electron chi connectivity index (χ1n) is 9.58. The maximum absolute atomic E-state index is 13.0. The number of carbonyl (C=O) groups is 1. The highest BCUT2D eigenvalue weighted by Gasteiger charge is 2.33. The third-order valence-electron chi connectivity index (χ3n) is 5.72. The molecule has 0 saturated heterocycles. The number of nitrogens with zero attached hydrogens (tertiary/aromatic N) is 1. The van der Waals surface area contributed by atoms with Crippen LogP contribution in [0.3, 0.4) is 0 Å². The summed E-state index contributed by atoms with van der Waals surface area (Å²) in [5.41, 5.74) is 2.31. The molecule has 1 saturated carbocycles. The van der Waals surface area contributed by atoms with Crippen molar-refractivity contribution in [3.63, 3.8) is 0 Å². The molecule has 0 radical (unpaired) electrons. The Balaban J connectivity index is 1.30. The Morgan fingerprint density at radius 3 is 2.61 bits per heavy atom. The van der Waals surface area contributed by atoms with Gasteiger partial charge in [0.1, 0.15) is 4.21 Å². The molecule has 2 heterocycles. The number of hydrogen-bond donors (Lipinski definition) is 1. The van der Waals surface area contributed by atoms with E-state index in [1.807, 2.05) is 23.1 Å². The van der Waals surface area contributed by atoms with E-state index >= 15 is 0 Å². The van der Waals surface area contributed by atoms with E-state index in [4.69, 9.17) is 0 Å². The normalized spacial score (nSPS) is 22.2. The molecule has 1 N–H and O–H groups in total. The molecule has 1 fully saturated rings. The first-order valence-corrected chi connectivity index (χ1v) is 12.7. The Hall–Kier alpha value is -1.22. The van der Waals surface area contributed by atoms with E-state index in [9.17, 15) is 13.2 Å². The average Bonchev–Trinajstić information content (AvgIpc) is 3.33. The van der Waals surface area contributed by atoms with Crippen molar-refractivity contribution in [2.45, 2.75) is 36.3 Å². The largest absolute Gasteiger partial charge is 0.312 e. The first kappa shape index (κ1) is 20.1. The molecule has 5 nitrogen and oxygen atoms in total. The molecule has 2 aromatic rings. The van der Waals surface area contributed by atoms with Crippen LogP contribution in [0.25, 0.3) is 0 Å². The number of sulfonamides is 1. The van der Waals surface area contributed by atoms with Crippen molar-refractivity contribution in [2.75, 3.05) is 18.0 Å². The maximum atomic E-state index is 13.0. The van der Waals surface area contributed by atoms with Crippen LogP contribution in [-0.2, 0) is 21.2 Å². The van der Waals surface area contributed by atoms with Crippen LogP contribution in [0.5, 0.6) is 0 Å². The zero-order valence-electron chi connectivity index (χ0n) is 15.4. The molecular weight excluding hydrogens is 460 g/mol. The summed E-state index contributed by atoms with van der Waals surface area (Å²) in [6.07, 6.45) is 4.34. The van der Waals surface area contributed by atoms with Gasteiger partial charge in [0.05, 0.1) is 3.79 Å². The Bertz CT molecular complexity index is 965. The topological polar surface area (TPSA) is 66.5 Å². The van der Waals surface area contributed by atoms with Crippen LogP contribution in [0, 0.1) is 11.8 Å². The second kappa shape index (κ2) is 8.26. The molecule has 1 aromatic carbocycles. The van der Waals surface area contributed by atoms with Gasteiger partial charge in [0, 0.05) is 24.7 Å². The predicted octanol–water partition coefficient (Wildman–Crippen LogP) is 4.18. The number of hydrogen-bond acceptors (Lipinski definition) is 4. The summed E-state index contributed by atoms with van der Waals surface area (Å²) >= 11 is 4.51. The Morgan fingerprint density at radius 1 is 1.14 bits per heavy atom. The van der Waals surface area contributed by atoms with Crippen molar-refractivity contribution in [1.82, 2.24) is 4.72 Å². The summed E-state index contributed by atoms with van der Waals surface area (Å²) in [7, 11) is -3.45. The highest BCUT2D eigenvalue weighted by atomic mass is 79.9. The van der Waals surface area contributed by atoms with Crippen LogP contribution in [0.15, 0.2) is 44.4 Å². The highest BCUT2D eigenvalue weighted by Crippen LogP contribution is 2.34. The third-order valence-corrected chi connectivity index (χ3v) is 9.26. The van der Waals surface area contributed by atoms with E-state index < -0.39 is 10.0 Å². The maximum Gasteiger partial charge on any atom is 0.250 e. The summed E-state index contributed by atoms with van der Waals surface area (Å²) in [6, 6.07) is 11.5. The number of halogens is 1. The molecule has 1 amide bonds. The number of anilines is 1. The minimum absolute atomic E-state index is 0.0484. The van der Waals surface area contributed by atoms with Crippen LogP contribution >= 0.6 is 27.3 Å². The lowest BCUT2D eigenvalue weighted by Crippen LogP contribution is -2.38. The molecule has 150 valence electrons. The van der Waals surface area contributed by atoms with E-state index in [1.165, 1.54) is 16.9 Å². The molecule has 0 atom stereocenters. The van der Waals surface area contributed by atoms with Crippen LogP contribution in [0.4, 0.5) is 5.69 Å². The minimum atomic E-state index is -3.45. The summed E-state index contributed by atoms with van der Waals surface area (Å²) in [6.45, 7) is 1.21. The van der Waals surface area contributed by atoms with E-state index in [2.05, 4.69) is 26.7 Å². The molecular formula is C20H23BrN2O3S2. The Kier molecular flexibility index (Phi) is 5.92. The second-order valence-corrected chi connectivity index (χ2v) is 12.0. The standard InChI is InChI=1S/C20H23BrN2O3S2/c21-18-9-10-19(27-18)28(25,26)22-13-14-5-7-16(8-6-14)20(24)23-12-11-15-3-1-2-4-17(15)23/h1-4,9-10,14,16,22H,5-8,11-13H2.